The van der Waals surface area contributed by atoms with Crippen LogP contribution in [0.25, 0.3) is 0 Å². The van der Waals surface area contributed by atoms with Crippen molar-refractivity contribution in [2.75, 3.05) is 13.6 Å². The van der Waals surface area contributed by atoms with E-state index >= 15 is 0 Å². The third-order valence-electron chi connectivity index (χ3n) is 2.28. The van der Waals surface area contributed by atoms with Crippen molar-refractivity contribution < 1.29 is 4.79 Å². The summed E-state index contributed by atoms with van der Waals surface area (Å²) >= 11 is 0. The highest BCUT2D eigenvalue weighted by Gasteiger charge is 2.25. The van der Waals surface area contributed by atoms with Crippen LogP contribution in [-0.4, -0.2) is 34.9 Å². The molecule has 0 aromatic carbocycles. The molecule has 0 unspecified atom stereocenters. The van der Waals surface area contributed by atoms with E-state index in [2.05, 4.69) is 4.98 Å². The van der Waals surface area contributed by atoms with Crippen molar-refractivity contribution in [1.29, 1.82) is 0 Å². The molecule has 0 aliphatic carbocycles. The van der Waals surface area contributed by atoms with E-state index in [4.69, 9.17) is 5.73 Å². The maximum absolute atomic E-state index is 11.7. The Balaban J connectivity index is 2.43. The Morgan fingerprint density at radius 1 is 1.60 bits per heavy atom. The van der Waals surface area contributed by atoms with Crippen molar-refractivity contribution >= 4 is 5.91 Å². The van der Waals surface area contributed by atoms with Gasteiger partial charge >= 0.3 is 0 Å². The van der Waals surface area contributed by atoms with Crippen LogP contribution < -0.4 is 5.73 Å². The number of nitrogens with zero attached hydrogens (tertiary/aromatic N) is 1. The maximum Gasteiger partial charge on any atom is 0.241 e. The molecular formula is C11H19N3O. The Kier molecular flexibility index (Phi) is 3.52. The number of hydrogen-bond donors (Lipinski definition) is 2. The second-order valence-corrected chi connectivity index (χ2v) is 4.39. The minimum Gasteiger partial charge on any atom is -0.365 e. The Labute approximate surface area is 90.5 Å². The Morgan fingerprint density at radius 3 is 2.73 bits per heavy atom. The zero-order chi connectivity index (χ0) is 11.5. The fraction of sp³-hybridized carbons (Fsp3) is 0.545. The normalized spacial score (nSPS) is 11.5. The summed E-state index contributed by atoms with van der Waals surface area (Å²) in [4.78, 5) is 16.5. The molecule has 3 N–H and O–H groups in total. The Morgan fingerprint density at radius 2 is 2.27 bits per heavy atom. The first-order chi connectivity index (χ1) is 6.91. The van der Waals surface area contributed by atoms with Crippen molar-refractivity contribution in [3.8, 4) is 0 Å². The first kappa shape index (κ1) is 11.8. The van der Waals surface area contributed by atoms with Gasteiger partial charge in [-0.05, 0) is 26.0 Å². The molecule has 84 valence electrons. The minimum absolute atomic E-state index is 0.0333. The number of nitrogens with one attached hydrogen (secondary N) is 1. The lowest BCUT2D eigenvalue weighted by Gasteiger charge is -2.25. The molecule has 0 saturated heterocycles. The highest BCUT2D eigenvalue weighted by atomic mass is 16.2. The molecule has 0 bridgehead atoms. The van der Waals surface area contributed by atoms with Crippen LogP contribution >= 0.6 is 0 Å². The zero-order valence-corrected chi connectivity index (χ0v) is 9.58. The van der Waals surface area contributed by atoms with Gasteiger partial charge in [-0.2, -0.15) is 0 Å². The summed E-state index contributed by atoms with van der Waals surface area (Å²) in [7, 11) is 1.78. The summed E-state index contributed by atoms with van der Waals surface area (Å²) in [6.07, 6.45) is 2.70. The number of aromatic amines is 1. The van der Waals surface area contributed by atoms with Gasteiger partial charge in [0.1, 0.15) is 0 Å². The summed E-state index contributed by atoms with van der Waals surface area (Å²) in [6.45, 7) is 4.13. The van der Waals surface area contributed by atoms with E-state index in [0.29, 0.717) is 6.54 Å². The maximum atomic E-state index is 11.7. The van der Waals surface area contributed by atoms with E-state index in [1.54, 1.807) is 25.8 Å². The highest BCUT2D eigenvalue weighted by molar-refractivity contribution is 5.84. The van der Waals surface area contributed by atoms with Crippen LogP contribution in [0.1, 0.15) is 19.5 Å². The van der Waals surface area contributed by atoms with Gasteiger partial charge in [0.25, 0.3) is 0 Å². The SMILES string of the molecule is CN(CCc1ccc[nH]1)C(=O)C(C)(C)N. The van der Waals surface area contributed by atoms with E-state index in [9.17, 15) is 4.79 Å². The topological polar surface area (TPSA) is 62.1 Å². The fourth-order valence-corrected chi connectivity index (χ4v) is 1.40. The third kappa shape index (κ3) is 3.40. The van der Waals surface area contributed by atoms with Gasteiger partial charge in [0.2, 0.25) is 5.91 Å². The van der Waals surface area contributed by atoms with E-state index in [-0.39, 0.29) is 5.91 Å². The van der Waals surface area contributed by atoms with Crippen LogP contribution in [0.3, 0.4) is 0 Å². The molecule has 1 amide bonds. The summed E-state index contributed by atoms with van der Waals surface area (Å²) in [5, 5.41) is 0. The number of hydrogen-bond acceptors (Lipinski definition) is 2. The second kappa shape index (κ2) is 4.49. The van der Waals surface area contributed by atoms with Crippen LogP contribution in [0.15, 0.2) is 18.3 Å². The van der Waals surface area contributed by atoms with E-state index in [1.807, 2.05) is 18.3 Å². The van der Waals surface area contributed by atoms with Gasteiger partial charge in [-0.3, -0.25) is 4.79 Å². The molecular weight excluding hydrogens is 190 g/mol. The third-order valence-corrected chi connectivity index (χ3v) is 2.28. The molecule has 0 radical (unpaired) electrons. The quantitative estimate of drug-likeness (QED) is 0.768. The molecule has 0 aliphatic heterocycles. The van der Waals surface area contributed by atoms with E-state index < -0.39 is 5.54 Å². The van der Waals surface area contributed by atoms with Gasteiger partial charge in [0.15, 0.2) is 0 Å². The molecule has 15 heavy (non-hydrogen) atoms. The molecule has 1 aromatic heterocycles. The average molecular weight is 209 g/mol. The van der Waals surface area contributed by atoms with Gasteiger partial charge in [-0.1, -0.05) is 0 Å². The number of rotatable bonds is 4. The fourth-order valence-electron chi connectivity index (χ4n) is 1.40. The van der Waals surface area contributed by atoms with Gasteiger partial charge in [-0.15, -0.1) is 0 Å². The number of H-pyrrole nitrogens is 1. The minimum atomic E-state index is -0.787. The first-order valence-corrected chi connectivity index (χ1v) is 5.08. The molecule has 1 rings (SSSR count). The lowest BCUT2D eigenvalue weighted by Crippen LogP contribution is -2.50. The molecule has 0 saturated carbocycles. The van der Waals surface area contributed by atoms with Crippen molar-refractivity contribution in [2.45, 2.75) is 25.8 Å². The molecule has 1 heterocycles. The number of likely N-dealkylation sites (N-methyl/N-ethyl adjacent to an activating group) is 1. The van der Waals surface area contributed by atoms with Crippen molar-refractivity contribution in [1.82, 2.24) is 9.88 Å². The Bertz CT molecular complexity index is 311. The number of carbonyl (C=O) groups is 1. The number of nitrogens with two attached hydrogens (primary N) is 1. The summed E-state index contributed by atoms with van der Waals surface area (Å²) in [5.41, 5.74) is 6.07. The standard InChI is InChI=1S/C11H19N3O/c1-11(2,12)10(15)14(3)8-6-9-5-4-7-13-9/h4-5,7,13H,6,8,12H2,1-3H3. The van der Waals surface area contributed by atoms with Crippen LogP contribution in [0, 0.1) is 0 Å². The number of amides is 1. The Hall–Kier alpha value is -1.29. The van der Waals surface area contributed by atoms with Gasteiger partial charge in [-0.25, -0.2) is 0 Å². The second-order valence-electron chi connectivity index (χ2n) is 4.39. The van der Waals surface area contributed by atoms with Crippen LogP contribution in [0.5, 0.6) is 0 Å². The first-order valence-electron chi connectivity index (χ1n) is 5.08. The monoisotopic (exact) mass is 209 g/mol. The number of carbonyl (C=O) groups excluding carboxylic acids is 1. The zero-order valence-electron chi connectivity index (χ0n) is 9.58. The largest absolute Gasteiger partial charge is 0.365 e. The lowest BCUT2D eigenvalue weighted by molar-refractivity contribution is -0.134. The lowest BCUT2D eigenvalue weighted by atomic mass is 10.1. The van der Waals surface area contributed by atoms with E-state index in [1.165, 1.54) is 0 Å². The highest BCUT2D eigenvalue weighted by Crippen LogP contribution is 2.04. The summed E-state index contributed by atoms with van der Waals surface area (Å²) in [6, 6.07) is 3.95. The molecule has 4 nitrogen and oxygen atoms in total. The van der Waals surface area contributed by atoms with Crippen LogP contribution in [0.2, 0.25) is 0 Å². The van der Waals surface area contributed by atoms with Gasteiger partial charge < -0.3 is 15.6 Å². The average Bonchev–Trinajstić information content (AvgIpc) is 2.63. The predicted octanol–water partition coefficient (Wildman–Crippen LogP) is 0.753. The molecule has 1 aromatic rings. The molecule has 0 aliphatic rings. The molecule has 0 atom stereocenters. The van der Waals surface area contributed by atoms with Gasteiger partial charge in [0.05, 0.1) is 5.54 Å². The van der Waals surface area contributed by atoms with Crippen LogP contribution in [0.4, 0.5) is 0 Å². The van der Waals surface area contributed by atoms with Gasteiger partial charge in [0, 0.05) is 31.9 Å². The van der Waals surface area contributed by atoms with E-state index in [0.717, 1.165) is 12.1 Å². The number of aromatic nitrogens is 1. The molecule has 0 fully saturated rings. The summed E-state index contributed by atoms with van der Waals surface area (Å²) < 4.78 is 0. The van der Waals surface area contributed by atoms with Crippen molar-refractivity contribution in [2.24, 2.45) is 5.73 Å². The summed E-state index contributed by atoms with van der Waals surface area (Å²) in [5.74, 6) is -0.0333. The van der Waals surface area contributed by atoms with Crippen LogP contribution in [-0.2, 0) is 11.2 Å². The molecule has 4 heteroatoms. The predicted molar refractivity (Wildman–Crippen MR) is 60.4 cm³/mol. The molecule has 0 spiro atoms. The van der Waals surface area contributed by atoms with Crippen molar-refractivity contribution in [3.63, 3.8) is 0 Å². The van der Waals surface area contributed by atoms with Crippen molar-refractivity contribution in [3.05, 3.63) is 24.0 Å². The smallest absolute Gasteiger partial charge is 0.241 e.